The van der Waals surface area contributed by atoms with Crippen molar-refractivity contribution in [3.05, 3.63) is 241 Å². The molecule has 0 saturated heterocycles. The van der Waals surface area contributed by atoms with Crippen molar-refractivity contribution in [1.82, 2.24) is 0 Å². The molecule has 2 heterocycles. The minimum absolute atomic E-state index is 0.664. The first-order chi connectivity index (χ1) is 25.6. The Kier molecular flexibility index (Phi) is 8.73. The van der Waals surface area contributed by atoms with Crippen LogP contribution in [0.25, 0.3) is 22.3 Å². The van der Waals surface area contributed by atoms with E-state index in [1.165, 1.54) is 11.1 Å². The number of aryl methyl sites for hydroxylation is 1. The number of hydrogen-bond donors (Lipinski definition) is 0. The molecule has 2 aliphatic heterocycles. The summed E-state index contributed by atoms with van der Waals surface area (Å²) in [6.45, 7) is 10.7. The molecule has 0 amide bonds. The zero-order valence-electron chi connectivity index (χ0n) is 29.2. The summed E-state index contributed by atoms with van der Waals surface area (Å²) in [4.78, 5) is 2.23. The molecule has 0 radical (unpaired) electrons. The smallest absolute Gasteiger partial charge is 0.132 e. The zero-order valence-corrected chi connectivity index (χ0v) is 29.2. The van der Waals surface area contributed by atoms with Gasteiger partial charge >= 0.3 is 0 Å². The van der Waals surface area contributed by atoms with Crippen molar-refractivity contribution < 1.29 is 4.74 Å². The van der Waals surface area contributed by atoms with Gasteiger partial charge in [-0.1, -0.05) is 159 Å². The first kappa shape index (κ1) is 32.6. The Morgan fingerprint density at radius 3 is 2.17 bits per heavy atom. The van der Waals surface area contributed by atoms with Gasteiger partial charge in [-0.15, -0.1) is 0 Å². The standard InChI is InChI=1S/C50H39NO/c1-4-5-6-17-32-50(44-26-15-13-19-36(44)2)45-30-29-39(35-48(45)52-47-28-18-25-43(49(47)50)38-20-9-7-10-21-38)40-31-33-51(41-22-11-8-12-23-41)46-27-16-14-24-42(46)37(3)34-40/h4-35H,1,3H2,2H3/b6-5-,32-17-,33-31-,40-34+. The fourth-order valence-electron chi connectivity index (χ4n) is 7.64. The van der Waals surface area contributed by atoms with Crippen molar-refractivity contribution in [2.45, 2.75) is 12.3 Å². The highest BCUT2D eigenvalue weighted by Gasteiger charge is 2.44. The van der Waals surface area contributed by atoms with E-state index in [9.17, 15) is 0 Å². The van der Waals surface area contributed by atoms with Crippen LogP contribution in [0.2, 0.25) is 0 Å². The van der Waals surface area contributed by atoms with E-state index in [1.54, 1.807) is 6.08 Å². The van der Waals surface area contributed by atoms with E-state index in [-0.39, 0.29) is 0 Å². The van der Waals surface area contributed by atoms with Crippen molar-refractivity contribution in [2.24, 2.45) is 0 Å². The number of fused-ring (bicyclic) bond motifs is 3. The molecule has 2 heteroatoms. The molecule has 0 spiro atoms. The maximum atomic E-state index is 6.99. The Morgan fingerprint density at radius 1 is 0.635 bits per heavy atom. The minimum atomic E-state index is -0.664. The van der Waals surface area contributed by atoms with Crippen molar-refractivity contribution in [3.63, 3.8) is 0 Å². The van der Waals surface area contributed by atoms with Crippen LogP contribution in [0.15, 0.2) is 207 Å². The van der Waals surface area contributed by atoms with Crippen LogP contribution in [0.3, 0.4) is 0 Å². The van der Waals surface area contributed by atoms with Crippen LogP contribution in [0, 0.1) is 6.92 Å². The number of para-hydroxylation sites is 2. The number of nitrogens with zero attached hydrogens (tertiary/aromatic N) is 1. The van der Waals surface area contributed by atoms with Gasteiger partial charge < -0.3 is 9.64 Å². The molecule has 0 saturated carbocycles. The van der Waals surface area contributed by atoms with E-state index in [4.69, 9.17) is 4.74 Å². The summed E-state index contributed by atoms with van der Waals surface area (Å²) in [6, 6.07) is 51.3. The minimum Gasteiger partial charge on any atom is -0.457 e. The Hall–Kier alpha value is -6.64. The number of benzene rings is 6. The van der Waals surface area contributed by atoms with Gasteiger partial charge in [0.15, 0.2) is 0 Å². The van der Waals surface area contributed by atoms with Gasteiger partial charge in [0.05, 0.1) is 11.1 Å². The summed E-state index contributed by atoms with van der Waals surface area (Å²) in [7, 11) is 0. The number of hydrogen-bond acceptors (Lipinski definition) is 2. The molecule has 0 aliphatic carbocycles. The van der Waals surface area contributed by atoms with E-state index >= 15 is 0 Å². The number of ether oxygens (including phenoxy) is 1. The van der Waals surface area contributed by atoms with Crippen LogP contribution in [-0.4, -0.2) is 0 Å². The molecular formula is C50H39NO. The molecule has 0 bridgehead atoms. The summed E-state index contributed by atoms with van der Waals surface area (Å²) in [5.74, 6) is 1.65. The second-order valence-electron chi connectivity index (χ2n) is 13.1. The lowest BCUT2D eigenvalue weighted by molar-refractivity contribution is 0.437. The summed E-state index contributed by atoms with van der Waals surface area (Å²) < 4.78 is 6.99. The quantitative estimate of drug-likeness (QED) is 0.157. The van der Waals surface area contributed by atoms with Gasteiger partial charge in [-0.3, -0.25) is 0 Å². The third-order valence-corrected chi connectivity index (χ3v) is 10.0. The van der Waals surface area contributed by atoms with Crippen molar-refractivity contribution in [1.29, 1.82) is 0 Å². The normalized spacial score (nSPS) is 18.0. The molecule has 2 aliphatic rings. The van der Waals surface area contributed by atoms with Gasteiger partial charge in [0.2, 0.25) is 0 Å². The molecular weight excluding hydrogens is 631 g/mol. The molecule has 8 rings (SSSR count). The molecule has 0 aromatic heterocycles. The van der Waals surface area contributed by atoms with Crippen LogP contribution < -0.4 is 9.64 Å². The van der Waals surface area contributed by atoms with Crippen LogP contribution in [0.4, 0.5) is 11.4 Å². The van der Waals surface area contributed by atoms with E-state index in [1.807, 2.05) is 18.2 Å². The second-order valence-corrected chi connectivity index (χ2v) is 13.1. The molecule has 0 N–H and O–H groups in total. The van der Waals surface area contributed by atoms with Crippen molar-refractivity contribution >= 4 is 22.5 Å². The molecule has 6 aromatic carbocycles. The number of anilines is 2. The van der Waals surface area contributed by atoms with E-state index in [0.29, 0.717) is 0 Å². The zero-order chi connectivity index (χ0) is 35.5. The van der Waals surface area contributed by atoms with E-state index < -0.39 is 5.41 Å². The van der Waals surface area contributed by atoms with Crippen LogP contribution >= 0.6 is 0 Å². The highest BCUT2D eigenvalue weighted by Crippen LogP contribution is 2.56. The average Bonchev–Trinajstić information content (AvgIpc) is 3.19. The van der Waals surface area contributed by atoms with Gasteiger partial charge in [0.25, 0.3) is 0 Å². The SMILES string of the molecule is C=C/C=C\C=C/C1(c2ccccc2C)c2ccc(C3=C/C(=C)c4ccccc4N(c4ccccc4)/C=C\3)cc2Oc2cccc(-c3ccccc3)c21. The molecule has 1 unspecified atom stereocenters. The highest BCUT2D eigenvalue weighted by molar-refractivity contribution is 5.94. The first-order valence-electron chi connectivity index (χ1n) is 17.7. The lowest BCUT2D eigenvalue weighted by atomic mass is 9.64. The topological polar surface area (TPSA) is 12.5 Å². The van der Waals surface area contributed by atoms with Gasteiger partial charge in [0.1, 0.15) is 11.5 Å². The van der Waals surface area contributed by atoms with Gasteiger partial charge in [-0.25, -0.2) is 0 Å². The number of rotatable bonds is 7. The maximum Gasteiger partial charge on any atom is 0.132 e. The first-order valence-corrected chi connectivity index (χ1v) is 17.7. The summed E-state index contributed by atoms with van der Waals surface area (Å²) >= 11 is 0. The average molecular weight is 670 g/mol. The summed E-state index contributed by atoms with van der Waals surface area (Å²) in [5, 5.41) is 0. The van der Waals surface area contributed by atoms with Gasteiger partial charge in [0, 0.05) is 28.6 Å². The largest absolute Gasteiger partial charge is 0.457 e. The summed E-state index contributed by atoms with van der Waals surface area (Å²) in [5.41, 5.74) is 12.5. The molecule has 6 aromatic rings. The highest BCUT2D eigenvalue weighted by atomic mass is 16.5. The number of allylic oxidation sites excluding steroid dienone is 9. The fourth-order valence-corrected chi connectivity index (χ4v) is 7.64. The van der Waals surface area contributed by atoms with Crippen LogP contribution in [0.5, 0.6) is 11.5 Å². The predicted octanol–water partition coefficient (Wildman–Crippen LogP) is 13.2. The Morgan fingerprint density at radius 2 is 1.37 bits per heavy atom. The van der Waals surface area contributed by atoms with Gasteiger partial charge in [-0.2, -0.15) is 0 Å². The second kappa shape index (κ2) is 13.9. The fraction of sp³-hybridized carbons (Fsp3) is 0.0400. The monoisotopic (exact) mass is 669 g/mol. The summed E-state index contributed by atoms with van der Waals surface area (Å²) in [6.07, 6.45) is 16.8. The third-order valence-electron chi connectivity index (χ3n) is 10.0. The van der Waals surface area contributed by atoms with Crippen LogP contribution in [-0.2, 0) is 5.41 Å². The van der Waals surface area contributed by atoms with E-state index in [2.05, 4.69) is 195 Å². The van der Waals surface area contributed by atoms with Crippen molar-refractivity contribution in [2.75, 3.05) is 4.90 Å². The Bertz CT molecular complexity index is 2430. The molecule has 250 valence electrons. The lowest BCUT2D eigenvalue weighted by Gasteiger charge is -2.41. The molecule has 1 atom stereocenters. The lowest BCUT2D eigenvalue weighted by Crippen LogP contribution is -2.32. The molecule has 0 fully saturated rings. The van der Waals surface area contributed by atoms with Crippen molar-refractivity contribution in [3.8, 4) is 22.6 Å². The Labute approximate surface area is 307 Å². The molecule has 2 nitrogen and oxygen atoms in total. The third kappa shape index (κ3) is 5.75. The molecule has 52 heavy (non-hydrogen) atoms. The predicted molar refractivity (Wildman–Crippen MR) is 219 cm³/mol. The van der Waals surface area contributed by atoms with E-state index in [0.717, 1.165) is 67.4 Å². The van der Waals surface area contributed by atoms with Crippen LogP contribution in [0.1, 0.15) is 33.4 Å². The maximum absolute atomic E-state index is 6.99. The van der Waals surface area contributed by atoms with Gasteiger partial charge in [-0.05, 0) is 88.4 Å². The Balaban J connectivity index is 1.35.